The van der Waals surface area contributed by atoms with Gasteiger partial charge in [-0.15, -0.1) is 0 Å². The van der Waals surface area contributed by atoms with E-state index in [0.717, 1.165) is 55.3 Å². The number of rotatable bonds is 7. The predicted octanol–water partition coefficient (Wildman–Crippen LogP) is 2.44. The van der Waals surface area contributed by atoms with Gasteiger partial charge in [0.15, 0.2) is 0 Å². The third-order valence-corrected chi connectivity index (χ3v) is 5.03. The van der Waals surface area contributed by atoms with Gasteiger partial charge in [0.05, 0.1) is 5.69 Å². The Morgan fingerprint density at radius 3 is 2.78 bits per heavy atom. The average Bonchev–Trinajstić information content (AvgIpc) is 2.99. The first kappa shape index (κ1) is 19.1. The summed E-state index contributed by atoms with van der Waals surface area (Å²) >= 11 is 0. The first-order valence-electron chi connectivity index (χ1n) is 9.57. The Bertz CT molecular complexity index is 748. The molecule has 0 atom stereocenters. The lowest BCUT2D eigenvalue weighted by molar-refractivity contribution is -0.122. The van der Waals surface area contributed by atoms with Crippen molar-refractivity contribution in [2.45, 2.75) is 46.6 Å². The van der Waals surface area contributed by atoms with E-state index in [0.29, 0.717) is 24.8 Å². The molecule has 0 aliphatic carbocycles. The minimum Gasteiger partial charge on any atom is -0.361 e. The van der Waals surface area contributed by atoms with Crippen molar-refractivity contribution < 1.29 is 9.32 Å². The molecular weight excluding hydrogens is 344 g/mol. The molecule has 27 heavy (non-hydrogen) atoms. The third kappa shape index (κ3) is 4.96. The number of nitrogens with zero attached hydrogens (tertiary/aromatic N) is 4. The van der Waals surface area contributed by atoms with Gasteiger partial charge >= 0.3 is 0 Å². The van der Waals surface area contributed by atoms with Gasteiger partial charge in [0, 0.05) is 44.4 Å². The second kappa shape index (κ2) is 8.83. The highest BCUT2D eigenvalue weighted by Gasteiger charge is 2.23. The monoisotopic (exact) mass is 372 g/mol. The Balaban J connectivity index is 1.45. The molecule has 1 aliphatic rings. The van der Waals surface area contributed by atoms with Crippen LogP contribution >= 0.6 is 0 Å². The topological polar surface area (TPSA) is 96.2 Å². The van der Waals surface area contributed by atoms with Crippen LogP contribution in [-0.4, -0.2) is 40.7 Å². The quantitative estimate of drug-likeness (QED) is 0.770. The minimum atomic E-state index is 0.0879. The van der Waals surface area contributed by atoms with Crippen LogP contribution in [-0.2, 0) is 11.3 Å². The Morgan fingerprint density at radius 1 is 1.33 bits per heavy atom. The van der Waals surface area contributed by atoms with Gasteiger partial charge in [0.1, 0.15) is 11.6 Å². The summed E-state index contributed by atoms with van der Waals surface area (Å²) in [5, 5.41) is 10.1. The number of piperidine rings is 1. The van der Waals surface area contributed by atoms with E-state index in [1.54, 1.807) is 6.20 Å². The largest absolute Gasteiger partial charge is 0.361 e. The number of amides is 1. The van der Waals surface area contributed by atoms with Gasteiger partial charge in [0.2, 0.25) is 11.9 Å². The molecule has 3 rings (SSSR count). The number of hydrogen-bond donors (Lipinski definition) is 2. The summed E-state index contributed by atoms with van der Waals surface area (Å²) in [5.41, 5.74) is 1.81. The van der Waals surface area contributed by atoms with Crippen LogP contribution in [0.1, 0.15) is 43.2 Å². The molecule has 8 nitrogen and oxygen atoms in total. The maximum Gasteiger partial charge on any atom is 0.224 e. The van der Waals surface area contributed by atoms with Gasteiger partial charge in [-0.3, -0.25) is 4.79 Å². The van der Waals surface area contributed by atoms with Gasteiger partial charge < -0.3 is 20.1 Å². The summed E-state index contributed by atoms with van der Waals surface area (Å²) in [4.78, 5) is 23.3. The highest BCUT2D eigenvalue weighted by atomic mass is 16.5. The number of carbonyl (C=O) groups excluding carboxylic acids is 1. The molecule has 1 fully saturated rings. The number of hydrogen-bond acceptors (Lipinski definition) is 7. The maximum atomic E-state index is 12.3. The van der Waals surface area contributed by atoms with Crippen LogP contribution in [0.4, 0.5) is 11.8 Å². The summed E-state index contributed by atoms with van der Waals surface area (Å²) in [6, 6.07) is 1.94. The molecule has 0 radical (unpaired) electrons. The van der Waals surface area contributed by atoms with E-state index < -0.39 is 0 Å². The van der Waals surface area contributed by atoms with Gasteiger partial charge in [-0.2, -0.15) is 4.98 Å². The van der Waals surface area contributed by atoms with Crippen LogP contribution in [0.3, 0.4) is 0 Å². The molecule has 0 bridgehead atoms. The van der Waals surface area contributed by atoms with E-state index in [-0.39, 0.29) is 5.91 Å². The zero-order chi connectivity index (χ0) is 19.2. The molecule has 0 spiro atoms. The average molecular weight is 372 g/mol. The summed E-state index contributed by atoms with van der Waals surface area (Å²) in [6.45, 7) is 8.88. The molecule has 1 saturated heterocycles. The van der Waals surface area contributed by atoms with Crippen molar-refractivity contribution in [3.63, 3.8) is 0 Å². The van der Waals surface area contributed by atoms with Crippen molar-refractivity contribution in [2.75, 3.05) is 29.9 Å². The minimum absolute atomic E-state index is 0.0879. The van der Waals surface area contributed by atoms with E-state index >= 15 is 0 Å². The molecule has 8 heteroatoms. The first-order chi connectivity index (χ1) is 13.1. The van der Waals surface area contributed by atoms with E-state index in [2.05, 4.69) is 30.7 Å². The summed E-state index contributed by atoms with van der Waals surface area (Å²) in [7, 11) is 0. The Labute approximate surface area is 159 Å². The summed E-state index contributed by atoms with van der Waals surface area (Å²) < 4.78 is 5.13. The van der Waals surface area contributed by atoms with E-state index in [1.165, 1.54) is 0 Å². The number of aryl methyl sites for hydroxylation is 2. The van der Waals surface area contributed by atoms with Gasteiger partial charge in [-0.25, -0.2) is 4.98 Å². The molecule has 2 aromatic rings. The van der Waals surface area contributed by atoms with Crippen molar-refractivity contribution in [3.05, 3.63) is 29.3 Å². The molecule has 146 valence electrons. The molecule has 0 aromatic carbocycles. The Morgan fingerprint density at radius 2 is 2.11 bits per heavy atom. The molecule has 0 unspecified atom stereocenters. The lowest BCUT2D eigenvalue weighted by Gasteiger charge is -2.32. The van der Waals surface area contributed by atoms with Crippen LogP contribution < -0.4 is 15.5 Å². The standard InChI is InChI=1S/C19H28N6O2/c1-4-20-19-21-8-5-17(23-19)25-9-6-15(7-10-25)11-18(26)22-12-16-13(2)24-27-14(16)3/h5,8,15H,4,6-7,9-12H2,1-3H3,(H,22,26)(H,20,21,23). The molecule has 3 heterocycles. The van der Waals surface area contributed by atoms with Crippen molar-refractivity contribution in [1.82, 2.24) is 20.4 Å². The molecular formula is C19H28N6O2. The van der Waals surface area contributed by atoms with Crippen molar-refractivity contribution in [3.8, 4) is 0 Å². The molecule has 1 aliphatic heterocycles. The van der Waals surface area contributed by atoms with Crippen molar-refractivity contribution in [1.29, 1.82) is 0 Å². The van der Waals surface area contributed by atoms with E-state index in [1.807, 2.05) is 26.8 Å². The fourth-order valence-electron chi connectivity index (χ4n) is 3.41. The normalized spacial score (nSPS) is 15.0. The Kier molecular flexibility index (Phi) is 6.26. The Hall–Kier alpha value is -2.64. The molecule has 2 aromatic heterocycles. The molecule has 0 saturated carbocycles. The molecule has 1 amide bonds. The predicted molar refractivity (Wildman–Crippen MR) is 104 cm³/mol. The van der Waals surface area contributed by atoms with Crippen LogP contribution in [0, 0.1) is 19.8 Å². The van der Waals surface area contributed by atoms with Gasteiger partial charge in [0.25, 0.3) is 0 Å². The lowest BCUT2D eigenvalue weighted by Crippen LogP contribution is -2.36. The number of aromatic nitrogens is 3. The molecule has 2 N–H and O–H groups in total. The van der Waals surface area contributed by atoms with Crippen LogP contribution in [0.15, 0.2) is 16.8 Å². The van der Waals surface area contributed by atoms with E-state index in [4.69, 9.17) is 4.52 Å². The smallest absolute Gasteiger partial charge is 0.224 e. The van der Waals surface area contributed by atoms with Gasteiger partial charge in [-0.05, 0) is 45.6 Å². The van der Waals surface area contributed by atoms with Gasteiger partial charge in [-0.1, -0.05) is 5.16 Å². The highest BCUT2D eigenvalue weighted by Crippen LogP contribution is 2.24. The number of nitrogens with one attached hydrogen (secondary N) is 2. The summed E-state index contributed by atoms with van der Waals surface area (Å²) in [6.07, 6.45) is 4.32. The third-order valence-electron chi connectivity index (χ3n) is 5.03. The fourth-order valence-corrected chi connectivity index (χ4v) is 3.41. The van der Waals surface area contributed by atoms with E-state index in [9.17, 15) is 4.79 Å². The van der Waals surface area contributed by atoms with Crippen molar-refractivity contribution >= 4 is 17.7 Å². The zero-order valence-electron chi connectivity index (χ0n) is 16.3. The maximum absolute atomic E-state index is 12.3. The fraction of sp³-hybridized carbons (Fsp3) is 0.579. The second-order valence-electron chi connectivity index (χ2n) is 6.98. The first-order valence-corrected chi connectivity index (χ1v) is 9.57. The number of anilines is 2. The van der Waals surface area contributed by atoms with Crippen LogP contribution in [0.5, 0.6) is 0 Å². The SMILES string of the molecule is CCNc1nccc(N2CCC(CC(=O)NCc3c(C)noc3C)CC2)n1. The van der Waals surface area contributed by atoms with Crippen molar-refractivity contribution in [2.24, 2.45) is 5.92 Å². The van der Waals surface area contributed by atoms with Crippen LogP contribution in [0.2, 0.25) is 0 Å². The lowest BCUT2D eigenvalue weighted by atomic mass is 9.93. The zero-order valence-corrected chi connectivity index (χ0v) is 16.3. The number of carbonyl (C=O) groups is 1. The highest BCUT2D eigenvalue weighted by molar-refractivity contribution is 5.76. The van der Waals surface area contributed by atoms with Crippen LogP contribution in [0.25, 0.3) is 0 Å². The second-order valence-corrected chi connectivity index (χ2v) is 6.98. The summed E-state index contributed by atoms with van der Waals surface area (Å²) in [5.74, 6) is 2.87.